The molecule has 1 aromatic carbocycles. The molecule has 10 heteroatoms. The van der Waals surface area contributed by atoms with E-state index < -0.39 is 16.1 Å². The van der Waals surface area contributed by atoms with Gasteiger partial charge in [0, 0.05) is 36.6 Å². The lowest BCUT2D eigenvalue weighted by molar-refractivity contribution is -0.146. The molecule has 0 bridgehead atoms. The SMILES string of the molecule is CCCCC(CC)C(=O)N1CCN(C(=O)C(NS(=O)(=O)c2cc(Cl)ccc2Cl)C(C)CC)CC1C. The molecule has 4 unspecified atom stereocenters. The van der Waals surface area contributed by atoms with E-state index in [1.165, 1.54) is 18.2 Å². The number of carbonyl (C=O) groups is 2. The third-order valence-electron chi connectivity index (χ3n) is 6.91. The normalized spacial score (nSPS) is 19.3. The third kappa shape index (κ3) is 7.57. The summed E-state index contributed by atoms with van der Waals surface area (Å²) in [5.74, 6) is -0.390. The largest absolute Gasteiger partial charge is 0.337 e. The minimum atomic E-state index is -4.09. The van der Waals surface area contributed by atoms with E-state index in [9.17, 15) is 18.0 Å². The number of unbranched alkanes of at least 4 members (excludes halogenated alkanes) is 1. The van der Waals surface area contributed by atoms with E-state index in [1.54, 1.807) is 4.90 Å². The van der Waals surface area contributed by atoms with Crippen molar-refractivity contribution in [1.82, 2.24) is 14.5 Å². The van der Waals surface area contributed by atoms with Crippen LogP contribution in [0.3, 0.4) is 0 Å². The molecule has 0 aromatic heterocycles. The van der Waals surface area contributed by atoms with Crippen LogP contribution in [0.25, 0.3) is 0 Å². The standard InChI is InChI=1S/C25H39Cl2N3O4S/c1-6-9-10-19(8-3)24(31)30-14-13-29(16-18(30)5)25(32)23(17(4)7-2)28-35(33,34)22-15-20(26)11-12-21(22)27/h11-12,15,17-19,23,28H,6-10,13-14,16H2,1-5H3. The Morgan fingerprint density at radius 2 is 1.80 bits per heavy atom. The van der Waals surface area contributed by atoms with E-state index in [-0.39, 0.29) is 44.6 Å². The van der Waals surface area contributed by atoms with Crippen molar-refractivity contribution in [1.29, 1.82) is 0 Å². The fourth-order valence-corrected chi connectivity index (χ4v) is 6.49. The van der Waals surface area contributed by atoms with E-state index in [0.717, 1.165) is 25.7 Å². The summed E-state index contributed by atoms with van der Waals surface area (Å²) in [6.45, 7) is 11.0. The molecular weight excluding hydrogens is 509 g/mol. The molecule has 1 saturated heterocycles. The van der Waals surface area contributed by atoms with Gasteiger partial charge in [-0.15, -0.1) is 0 Å². The number of nitrogens with zero attached hydrogens (tertiary/aromatic N) is 2. The van der Waals surface area contributed by atoms with Gasteiger partial charge in [-0.25, -0.2) is 8.42 Å². The lowest BCUT2D eigenvalue weighted by atomic mass is 9.96. The Bertz CT molecular complexity index is 989. The zero-order valence-electron chi connectivity index (χ0n) is 21.4. The lowest BCUT2D eigenvalue weighted by Crippen LogP contribution is -2.60. The summed E-state index contributed by atoms with van der Waals surface area (Å²) in [7, 11) is -4.09. The van der Waals surface area contributed by atoms with Gasteiger partial charge in [0.15, 0.2) is 0 Å². The number of halogens is 2. The van der Waals surface area contributed by atoms with Crippen LogP contribution < -0.4 is 4.72 Å². The van der Waals surface area contributed by atoms with Crippen LogP contribution in [-0.2, 0) is 19.6 Å². The number of nitrogens with one attached hydrogen (secondary N) is 1. The van der Waals surface area contributed by atoms with Crippen molar-refractivity contribution in [3.05, 3.63) is 28.2 Å². The van der Waals surface area contributed by atoms with E-state index >= 15 is 0 Å². The predicted octanol–water partition coefficient (Wildman–Crippen LogP) is 4.96. The molecular formula is C25H39Cl2N3O4S. The second-order valence-electron chi connectivity index (χ2n) is 9.47. The average Bonchev–Trinajstić information content (AvgIpc) is 2.83. The summed E-state index contributed by atoms with van der Waals surface area (Å²) >= 11 is 12.1. The van der Waals surface area contributed by atoms with Crippen molar-refractivity contribution in [2.45, 2.75) is 83.7 Å². The number of carbonyl (C=O) groups excluding carboxylic acids is 2. The Morgan fingerprint density at radius 1 is 1.11 bits per heavy atom. The Kier molecular flexibility index (Phi) is 11.3. The van der Waals surface area contributed by atoms with Gasteiger partial charge < -0.3 is 9.80 Å². The minimum absolute atomic E-state index is 0.00164. The Hall–Kier alpha value is -1.35. The van der Waals surface area contributed by atoms with Gasteiger partial charge in [-0.2, -0.15) is 4.72 Å². The summed E-state index contributed by atoms with van der Waals surface area (Å²) in [6, 6.07) is 3.10. The Balaban J connectivity index is 2.18. The van der Waals surface area contributed by atoms with Gasteiger partial charge in [-0.05, 0) is 43.9 Å². The molecule has 198 valence electrons. The molecule has 2 amide bonds. The van der Waals surface area contributed by atoms with Crippen LogP contribution in [0.2, 0.25) is 10.0 Å². The van der Waals surface area contributed by atoms with Gasteiger partial charge in [0.1, 0.15) is 10.9 Å². The highest BCUT2D eigenvalue weighted by Crippen LogP contribution is 2.27. The third-order valence-corrected chi connectivity index (χ3v) is 9.07. The Labute approximate surface area is 220 Å². The molecule has 0 spiro atoms. The number of sulfonamides is 1. The van der Waals surface area contributed by atoms with Crippen LogP contribution >= 0.6 is 23.2 Å². The maximum atomic E-state index is 13.5. The summed E-state index contributed by atoms with van der Waals surface area (Å²) in [5.41, 5.74) is 0. The van der Waals surface area contributed by atoms with Crippen molar-refractivity contribution in [2.24, 2.45) is 11.8 Å². The topological polar surface area (TPSA) is 86.8 Å². The first-order valence-electron chi connectivity index (χ1n) is 12.5. The van der Waals surface area contributed by atoms with E-state index in [4.69, 9.17) is 23.2 Å². The van der Waals surface area contributed by atoms with Crippen molar-refractivity contribution in [2.75, 3.05) is 19.6 Å². The maximum absolute atomic E-state index is 13.5. The smallest absolute Gasteiger partial charge is 0.242 e. The fourth-order valence-electron chi connectivity index (χ4n) is 4.43. The maximum Gasteiger partial charge on any atom is 0.242 e. The Morgan fingerprint density at radius 3 is 2.37 bits per heavy atom. The molecule has 4 atom stereocenters. The number of amides is 2. The number of rotatable bonds is 11. The molecule has 2 rings (SSSR count). The molecule has 1 aromatic rings. The molecule has 0 saturated carbocycles. The number of hydrogen-bond acceptors (Lipinski definition) is 4. The van der Waals surface area contributed by atoms with Gasteiger partial charge >= 0.3 is 0 Å². The van der Waals surface area contributed by atoms with Crippen molar-refractivity contribution >= 4 is 45.0 Å². The monoisotopic (exact) mass is 547 g/mol. The van der Waals surface area contributed by atoms with Gasteiger partial charge in [-0.1, -0.05) is 70.2 Å². The quantitative estimate of drug-likeness (QED) is 0.424. The highest BCUT2D eigenvalue weighted by molar-refractivity contribution is 7.89. The second-order valence-corrected chi connectivity index (χ2v) is 12.0. The summed E-state index contributed by atoms with van der Waals surface area (Å²) in [6.07, 6.45) is 4.35. The molecule has 1 fully saturated rings. The van der Waals surface area contributed by atoms with Crippen molar-refractivity contribution in [3.8, 4) is 0 Å². The molecule has 35 heavy (non-hydrogen) atoms. The molecule has 1 N–H and O–H groups in total. The van der Waals surface area contributed by atoms with E-state index in [0.29, 0.717) is 26.1 Å². The fraction of sp³-hybridized carbons (Fsp3) is 0.680. The molecule has 1 aliphatic rings. The zero-order valence-corrected chi connectivity index (χ0v) is 23.7. The van der Waals surface area contributed by atoms with Gasteiger partial charge in [-0.3, -0.25) is 9.59 Å². The number of benzene rings is 1. The first kappa shape index (κ1) is 29.9. The van der Waals surface area contributed by atoms with Crippen LogP contribution in [0.15, 0.2) is 23.1 Å². The summed E-state index contributed by atoms with van der Waals surface area (Å²) < 4.78 is 28.9. The van der Waals surface area contributed by atoms with Crippen molar-refractivity contribution in [3.63, 3.8) is 0 Å². The van der Waals surface area contributed by atoms with Crippen LogP contribution in [0.5, 0.6) is 0 Å². The highest BCUT2D eigenvalue weighted by atomic mass is 35.5. The van der Waals surface area contributed by atoms with Crippen LogP contribution in [0, 0.1) is 11.8 Å². The molecule has 0 aliphatic carbocycles. The first-order chi connectivity index (χ1) is 16.5. The summed E-state index contributed by atoms with van der Waals surface area (Å²) in [4.78, 5) is 30.1. The van der Waals surface area contributed by atoms with Crippen LogP contribution in [0.4, 0.5) is 0 Å². The number of piperazine rings is 1. The first-order valence-corrected chi connectivity index (χ1v) is 14.8. The van der Waals surface area contributed by atoms with Gasteiger partial charge in [0.25, 0.3) is 0 Å². The van der Waals surface area contributed by atoms with Gasteiger partial charge in [0.2, 0.25) is 21.8 Å². The molecule has 1 heterocycles. The second kappa shape index (κ2) is 13.3. The number of hydrogen-bond donors (Lipinski definition) is 1. The molecule has 0 radical (unpaired) electrons. The average molecular weight is 549 g/mol. The van der Waals surface area contributed by atoms with Gasteiger partial charge in [0.05, 0.1) is 5.02 Å². The van der Waals surface area contributed by atoms with E-state index in [2.05, 4.69) is 11.6 Å². The van der Waals surface area contributed by atoms with Crippen LogP contribution in [-0.4, -0.2) is 61.7 Å². The molecule has 7 nitrogen and oxygen atoms in total. The molecule has 1 aliphatic heterocycles. The van der Waals surface area contributed by atoms with Crippen LogP contribution in [0.1, 0.15) is 66.7 Å². The highest BCUT2D eigenvalue weighted by Gasteiger charge is 2.38. The zero-order chi connectivity index (χ0) is 26.3. The van der Waals surface area contributed by atoms with E-state index in [1.807, 2.05) is 32.6 Å². The minimum Gasteiger partial charge on any atom is -0.337 e. The lowest BCUT2D eigenvalue weighted by Gasteiger charge is -2.42. The summed E-state index contributed by atoms with van der Waals surface area (Å²) in [5, 5.41) is 0.270. The van der Waals surface area contributed by atoms with Crippen molar-refractivity contribution < 1.29 is 18.0 Å². The predicted molar refractivity (Wildman–Crippen MR) is 141 cm³/mol.